The van der Waals surface area contributed by atoms with Gasteiger partial charge in [-0.25, -0.2) is 0 Å². The van der Waals surface area contributed by atoms with Crippen LogP contribution in [0.5, 0.6) is 5.75 Å². The number of nitrogens with one attached hydrogen (secondary N) is 1. The number of rotatable bonds is 6. The monoisotopic (exact) mass is 348 g/mol. The van der Waals surface area contributed by atoms with E-state index in [2.05, 4.69) is 5.32 Å². The lowest BCUT2D eigenvalue weighted by atomic mass is 10.1. The van der Waals surface area contributed by atoms with Crippen LogP contribution in [0.25, 0.3) is 0 Å². The van der Waals surface area contributed by atoms with Crippen LogP contribution in [-0.2, 0) is 4.79 Å². The Morgan fingerprint density at radius 1 is 1.33 bits per heavy atom. The Hall–Kier alpha value is -2.60. The van der Waals surface area contributed by atoms with Gasteiger partial charge in [-0.2, -0.15) is 0 Å². The summed E-state index contributed by atoms with van der Waals surface area (Å²) in [5.41, 5.74) is 1.02. The van der Waals surface area contributed by atoms with Crippen molar-refractivity contribution in [3.8, 4) is 5.75 Å². The molecular formula is C17H17ClN2O4. The Morgan fingerprint density at radius 2 is 2.04 bits per heavy atom. The van der Waals surface area contributed by atoms with Crippen molar-refractivity contribution in [2.24, 2.45) is 0 Å². The maximum absolute atomic E-state index is 12.4. The summed E-state index contributed by atoms with van der Waals surface area (Å²) < 4.78 is 5.67. The van der Waals surface area contributed by atoms with Gasteiger partial charge in [0.05, 0.1) is 15.6 Å². The third-order valence-electron chi connectivity index (χ3n) is 3.46. The fourth-order valence-corrected chi connectivity index (χ4v) is 2.27. The van der Waals surface area contributed by atoms with Crippen molar-refractivity contribution >= 4 is 28.9 Å². The molecule has 6 nitrogen and oxygen atoms in total. The average Bonchev–Trinajstić information content (AvgIpc) is 2.55. The van der Waals surface area contributed by atoms with E-state index in [9.17, 15) is 14.9 Å². The van der Waals surface area contributed by atoms with Crippen molar-refractivity contribution < 1.29 is 14.5 Å². The molecule has 0 spiro atoms. The number of carbonyl (C=O) groups excluding carboxylic acids is 1. The molecule has 0 heterocycles. The van der Waals surface area contributed by atoms with Gasteiger partial charge in [0.2, 0.25) is 0 Å². The van der Waals surface area contributed by atoms with Crippen LogP contribution in [0.2, 0.25) is 5.02 Å². The number of ether oxygens (including phenoxy) is 1. The van der Waals surface area contributed by atoms with Crippen LogP contribution in [0.4, 0.5) is 11.4 Å². The molecule has 2 aromatic carbocycles. The molecule has 0 bridgehead atoms. The van der Waals surface area contributed by atoms with E-state index >= 15 is 0 Å². The molecular weight excluding hydrogens is 332 g/mol. The lowest BCUT2D eigenvalue weighted by Crippen LogP contribution is -2.32. The standard InChI is InChI=1S/C17H17ClN2O4/c1-3-15(24-16-7-5-4-6-13(16)18)17(21)19-14-10-12(20(22)23)9-8-11(14)2/h4-10,15H,3H2,1-2H3,(H,19,21). The molecule has 1 amide bonds. The number of hydrogen-bond acceptors (Lipinski definition) is 4. The van der Waals surface area contributed by atoms with Crippen molar-refractivity contribution in [1.29, 1.82) is 0 Å². The number of anilines is 1. The highest BCUT2D eigenvalue weighted by Crippen LogP contribution is 2.26. The fourth-order valence-electron chi connectivity index (χ4n) is 2.09. The third kappa shape index (κ3) is 4.23. The summed E-state index contributed by atoms with van der Waals surface area (Å²) in [6.07, 6.45) is -0.339. The highest BCUT2D eigenvalue weighted by molar-refractivity contribution is 6.32. The molecule has 0 aliphatic rings. The van der Waals surface area contributed by atoms with E-state index in [0.29, 0.717) is 22.9 Å². The molecule has 0 aromatic heterocycles. The smallest absolute Gasteiger partial charge is 0.271 e. The van der Waals surface area contributed by atoms with E-state index < -0.39 is 11.0 Å². The summed E-state index contributed by atoms with van der Waals surface area (Å²) in [4.78, 5) is 22.8. The van der Waals surface area contributed by atoms with Gasteiger partial charge in [-0.3, -0.25) is 14.9 Å². The second kappa shape index (κ2) is 7.79. The third-order valence-corrected chi connectivity index (χ3v) is 3.77. The van der Waals surface area contributed by atoms with Gasteiger partial charge in [-0.1, -0.05) is 36.7 Å². The Kier molecular flexibility index (Phi) is 5.76. The number of carbonyl (C=O) groups is 1. The molecule has 1 N–H and O–H groups in total. The van der Waals surface area contributed by atoms with Crippen molar-refractivity contribution in [3.63, 3.8) is 0 Å². The zero-order valence-corrected chi connectivity index (χ0v) is 14.0. The molecule has 0 aliphatic heterocycles. The van der Waals surface area contributed by atoms with Gasteiger partial charge >= 0.3 is 0 Å². The number of non-ortho nitro benzene ring substituents is 1. The Labute approximate surface area is 144 Å². The van der Waals surface area contributed by atoms with E-state index in [0.717, 1.165) is 5.56 Å². The maximum Gasteiger partial charge on any atom is 0.271 e. The fraction of sp³-hybridized carbons (Fsp3) is 0.235. The quantitative estimate of drug-likeness (QED) is 0.621. The minimum Gasteiger partial charge on any atom is -0.479 e. The maximum atomic E-state index is 12.4. The first-order chi connectivity index (χ1) is 11.4. The molecule has 2 rings (SSSR count). The molecule has 126 valence electrons. The second-order valence-corrected chi connectivity index (χ2v) is 5.60. The minimum atomic E-state index is -0.761. The van der Waals surface area contributed by atoms with Crippen LogP contribution in [0.15, 0.2) is 42.5 Å². The van der Waals surface area contributed by atoms with Crippen molar-refractivity contribution in [3.05, 3.63) is 63.2 Å². The molecule has 2 aromatic rings. The number of nitrogens with zero attached hydrogens (tertiary/aromatic N) is 1. The SMILES string of the molecule is CCC(Oc1ccccc1Cl)C(=O)Nc1cc([N+](=O)[O-])ccc1C. The average molecular weight is 349 g/mol. The minimum absolute atomic E-state index is 0.0871. The summed E-state index contributed by atoms with van der Waals surface area (Å²) in [5.74, 6) is 0.0259. The normalized spacial score (nSPS) is 11.6. The van der Waals surface area contributed by atoms with Crippen LogP contribution < -0.4 is 10.1 Å². The number of nitro benzene ring substituents is 1. The number of para-hydroxylation sites is 1. The van der Waals surface area contributed by atoms with E-state index in [-0.39, 0.29) is 11.6 Å². The molecule has 0 saturated carbocycles. The highest BCUT2D eigenvalue weighted by atomic mass is 35.5. The zero-order chi connectivity index (χ0) is 17.7. The van der Waals surface area contributed by atoms with E-state index in [4.69, 9.17) is 16.3 Å². The summed E-state index contributed by atoms with van der Waals surface area (Å²) >= 11 is 6.04. The Balaban J connectivity index is 2.16. The van der Waals surface area contributed by atoms with Crippen molar-refractivity contribution in [2.75, 3.05) is 5.32 Å². The van der Waals surface area contributed by atoms with E-state index in [1.165, 1.54) is 12.1 Å². The first kappa shape index (κ1) is 17.7. The second-order valence-electron chi connectivity index (χ2n) is 5.19. The van der Waals surface area contributed by atoms with Gasteiger partial charge in [0.15, 0.2) is 6.10 Å². The largest absolute Gasteiger partial charge is 0.479 e. The van der Waals surface area contributed by atoms with Crippen molar-refractivity contribution in [1.82, 2.24) is 0 Å². The highest BCUT2D eigenvalue weighted by Gasteiger charge is 2.21. The molecule has 0 saturated heterocycles. The molecule has 0 radical (unpaired) electrons. The van der Waals surface area contributed by atoms with Gasteiger partial charge in [0.25, 0.3) is 11.6 Å². The first-order valence-electron chi connectivity index (χ1n) is 7.39. The number of aryl methyl sites for hydroxylation is 1. The molecule has 0 fully saturated rings. The van der Waals surface area contributed by atoms with E-state index in [1.54, 1.807) is 44.2 Å². The van der Waals surface area contributed by atoms with Gasteiger partial charge in [-0.05, 0) is 31.0 Å². The lowest BCUT2D eigenvalue weighted by molar-refractivity contribution is -0.384. The predicted octanol–water partition coefficient (Wildman–Crippen LogP) is 4.35. The summed E-state index contributed by atoms with van der Waals surface area (Å²) in [6.45, 7) is 3.57. The van der Waals surface area contributed by atoms with Crippen LogP contribution in [-0.4, -0.2) is 16.9 Å². The number of benzene rings is 2. The van der Waals surface area contributed by atoms with Gasteiger partial charge in [0.1, 0.15) is 5.75 Å². The van der Waals surface area contributed by atoms with Crippen LogP contribution in [0.1, 0.15) is 18.9 Å². The number of hydrogen-bond donors (Lipinski definition) is 1. The zero-order valence-electron chi connectivity index (χ0n) is 13.3. The Morgan fingerprint density at radius 3 is 2.67 bits per heavy atom. The summed E-state index contributed by atoms with van der Waals surface area (Å²) in [7, 11) is 0. The lowest BCUT2D eigenvalue weighted by Gasteiger charge is -2.18. The predicted molar refractivity (Wildman–Crippen MR) is 92.6 cm³/mol. The van der Waals surface area contributed by atoms with Crippen LogP contribution in [0.3, 0.4) is 0 Å². The number of amides is 1. The van der Waals surface area contributed by atoms with Crippen LogP contribution in [0, 0.1) is 17.0 Å². The molecule has 1 unspecified atom stereocenters. The van der Waals surface area contributed by atoms with Crippen LogP contribution >= 0.6 is 11.6 Å². The summed E-state index contributed by atoms with van der Waals surface area (Å²) in [5, 5.41) is 14.0. The first-order valence-corrected chi connectivity index (χ1v) is 7.77. The number of halogens is 1. The molecule has 7 heteroatoms. The number of nitro groups is 1. The molecule has 24 heavy (non-hydrogen) atoms. The molecule has 1 atom stereocenters. The van der Waals surface area contributed by atoms with Gasteiger partial charge in [0, 0.05) is 12.1 Å². The topological polar surface area (TPSA) is 81.5 Å². The van der Waals surface area contributed by atoms with Crippen molar-refractivity contribution in [2.45, 2.75) is 26.4 Å². The Bertz CT molecular complexity index is 764. The van der Waals surface area contributed by atoms with Gasteiger partial charge in [-0.15, -0.1) is 0 Å². The van der Waals surface area contributed by atoms with Gasteiger partial charge < -0.3 is 10.1 Å². The van der Waals surface area contributed by atoms with E-state index in [1.807, 2.05) is 0 Å². The molecule has 0 aliphatic carbocycles. The summed E-state index contributed by atoms with van der Waals surface area (Å²) in [6, 6.07) is 11.2.